The zero-order valence-electron chi connectivity index (χ0n) is 16.5. The van der Waals surface area contributed by atoms with Gasteiger partial charge >= 0.3 is 0 Å². The molecule has 6 unspecified atom stereocenters. The van der Waals surface area contributed by atoms with Gasteiger partial charge in [0.1, 0.15) is 12.1 Å². The van der Waals surface area contributed by atoms with Crippen LogP contribution < -0.4 is 0 Å². The van der Waals surface area contributed by atoms with Crippen LogP contribution in [-0.4, -0.2) is 46.3 Å². The summed E-state index contributed by atoms with van der Waals surface area (Å²) in [5.41, 5.74) is 0. The maximum absolute atomic E-state index is 4.87. The average Bonchev–Trinajstić information content (AvgIpc) is 3.34. The fourth-order valence-electron chi connectivity index (χ4n) is 7.34. The van der Waals surface area contributed by atoms with E-state index in [2.05, 4.69) is 10.0 Å². The second kappa shape index (κ2) is 6.70. The van der Waals surface area contributed by atoms with Gasteiger partial charge in [-0.1, -0.05) is 61.8 Å². The Bertz CT molecular complexity index is 552. The maximum atomic E-state index is 4.87. The summed E-state index contributed by atoms with van der Waals surface area (Å²) in [5.74, 6) is 1.26. The standard InChI is InChI=1S/C21H34N6/c1-2-6-10-14(9-5-1)26-20-16-13-17(18(20)22-24-26)21-19(16)23-25-27(21)15-11-7-3-4-8-12-15/h14-21H,1-13H2. The van der Waals surface area contributed by atoms with E-state index in [4.69, 9.17) is 20.7 Å². The fraction of sp³-hybridized carbons (Fsp3) is 1.00. The lowest BCUT2D eigenvalue weighted by Gasteiger charge is -2.40. The molecule has 6 rings (SSSR count). The maximum Gasteiger partial charge on any atom is 0.100 e. The highest BCUT2D eigenvalue weighted by Gasteiger charge is 2.66. The SMILES string of the molecule is C1CCCC(N2N=NC3C4CC(C5N=NN(C6CCCCCC6)C45)C32)CC1. The van der Waals surface area contributed by atoms with Crippen molar-refractivity contribution in [2.45, 2.75) is 120 Å². The van der Waals surface area contributed by atoms with Gasteiger partial charge in [0.25, 0.3) is 0 Å². The molecular formula is C21H34N6. The first-order valence-electron chi connectivity index (χ1n) is 11.8. The van der Waals surface area contributed by atoms with Crippen LogP contribution in [0.4, 0.5) is 0 Å². The molecular weight excluding hydrogens is 336 g/mol. The van der Waals surface area contributed by atoms with Crippen LogP contribution in [0.25, 0.3) is 0 Å². The second-order valence-electron chi connectivity index (χ2n) is 9.99. The highest BCUT2D eigenvalue weighted by atomic mass is 15.7. The molecule has 2 heterocycles. The van der Waals surface area contributed by atoms with Crippen molar-refractivity contribution in [3.05, 3.63) is 0 Å². The summed E-state index contributed by atoms with van der Waals surface area (Å²) in [7, 11) is 0. The molecule has 4 fully saturated rings. The second-order valence-corrected chi connectivity index (χ2v) is 9.99. The molecule has 0 saturated heterocycles. The molecule has 148 valence electrons. The number of hydrogen-bond donors (Lipinski definition) is 0. The molecule has 6 heteroatoms. The Balaban J connectivity index is 1.21. The van der Waals surface area contributed by atoms with Gasteiger partial charge in [0.15, 0.2) is 0 Å². The summed E-state index contributed by atoms with van der Waals surface area (Å²) in [6, 6.07) is 3.12. The number of nitrogens with zero attached hydrogens (tertiary/aromatic N) is 6. The first-order chi connectivity index (χ1) is 13.4. The lowest BCUT2D eigenvalue weighted by atomic mass is 9.82. The highest BCUT2D eigenvalue weighted by Crippen LogP contribution is 2.56. The molecule has 0 N–H and O–H groups in total. The molecule has 4 aliphatic carbocycles. The quantitative estimate of drug-likeness (QED) is 0.648. The van der Waals surface area contributed by atoms with Crippen molar-refractivity contribution >= 4 is 0 Å². The van der Waals surface area contributed by atoms with Crippen LogP contribution >= 0.6 is 0 Å². The Morgan fingerprint density at radius 2 is 0.926 bits per heavy atom. The third-order valence-electron chi connectivity index (χ3n) is 8.58. The van der Waals surface area contributed by atoms with Crippen molar-refractivity contribution in [3.8, 4) is 0 Å². The Labute approximate surface area is 162 Å². The summed E-state index contributed by atoms with van der Waals surface area (Å²) in [5, 5.41) is 24.2. The topological polar surface area (TPSA) is 55.9 Å². The average molecular weight is 371 g/mol. The first-order valence-corrected chi connectivity index (χ1v) is 11.8. The van der Waals surface area contributed by atoms with E-state index >= 15 is 0 Å². The molecule has 0 radical (unpaired) electrons. The Morgan fingerprint density at radius 3 is 1.33 bits per heavy atom. The number of rotatable bonds is 2. The van der Waals surface area contributed by atoms with Gasteiger partial charge < -0.3 is 0 Å². The van der Waals surface area contributed by atoms with E-state index in [0.29, 0.717) is 48.1 Å². The molecule has 0 aromatic carbocycles. The summed E-state index contributed by atoms with van der Waals surface area (Å²) in [4.78, 5) is 0. The van der Waals surface area contributed by atoms with E-state index in [1.165, 1.54) is 83.5 Å². The Kier molecular flexibility index (Phi) is 4.15. The molecule has 0 aromatic rings. The van der Waals surface area contributed by atoms with E-state index in [1.54, 1.807) is 0 Å². The molecule has 4 saturated carbocycles. The van der Waals surface area contributed by atoms with Crippen molar-refractivity contribution in [2.75, 3.05) is 0 Å². The van der Waals surface area contributed by atoms with Crippen LogP contribution in [0.1, 0.15) is 83.5 Å². The van der Waals surface area contributed by atoms with Crippen LogP contribution in [0.5, 0.6) is 0 Å². The van der Waals surface area contributed by atoms with Crippen LogP contribution in [0.15, 0.2) is 20.7 Å². The minimum Gasteiger partial charge on any atom is -0.270 e. The zero-order chi connectivity index (χ0) is 17.8. The van der Waals surface area contributed by atoms with Gasteiger partial charge in [-0.15, -0.1) is 0 Å². The molecule has 27 heavy (non-hydrogen) atoms. The van der Waals surface area contributed by atoms with Gasteiger partial charge in [-0.05, 0) is 32.1 Å². The van der Waals surface area contributed by atoms with Crippen LogP contribution in [0.2, 0.25) is 0 Å². The van der Waals surface area contributed by atoms with E-state index in [1.807, 2.05) is 0 Å². The number of fused-ring (bicyclic) bond motifs is 8. The van der Waals surface area contributed by atoms with Gasteiger partial charge in [-0.2, -0.15) is 10.2 Å². The predicted octanol–water partition coefficient (Wildman–Crippen LogP) is 4.92. The van der Waals surface area contributed by atoms with Gasteiger partial charge in [0, 0.05) is 23.9 Å². The lowest BCUT2D eigenvalue weighted by Crippen LogP contribution is -2.55. The summed E-state index contributed by atoms with van der Waals surface area (Å²) < 4.78 is 0. The van der Waals surface area contributed by atoms with Crippen molar-refractivity contribution in [3.63, 3.8) is 0 Å². The smallest absolute Gasteiger partial charge is 0.100 e. The third-order valence-corrected chi connectivity index (χ3v) is 8.58. The molecule has 6 aliphatic rings. The molecule has 6 atom stereocenters. The van der Waals surface area contributed by atoms with Crippen molar-refractivity contribution in [1.82, 2.24) is 10.0 Å². The van der Waals surface area contributed by atoms with Gasteiger partial charge in [0.2, 0.25) is 0 Å². The van der Waals surface area contributed by atoms with Crippen molar-refractivity contribution in [2.24, 2.45) is 32.5 Å². The van der Waals surface area contributed by atoms with Crippen LogP contribution in [0.3, 0.4) is 0 Å². The van der Waals surface area contributed by atoms with Crippen molar-refractivity contribution < 1.29 is 0 Å². The monoisotopic (exact) mass is 370 g/mol. The van der Waals surface area contributed by atoms with Gasteiger partial charge in [-0.3, -0.25) is 10.0 Å². The van der Waals surface area contributed by atoms with E-state index in [9.17, 15) is 0 Å². The molecule has 6 nitrogen and oxygen atoms in total. The minimum absolute atomic E-state index is 0.413. The highest BCUT2D eigenvalue weighted by molar-refractivity contribution is 5.20. The molecule has 0 aromatic heterocycles. The molecule has 2 bridgehead atoms. The Hall–Kier alpha value is -1.20. The van der Waals surface area contributed by atoms with Crippen LogP contribution in [-0.2, 0) is 0 Å². The van der Waals surface area contributed by atoms with E-state index < -0.39 is 0 Å². The largest absolute Gasteiger partial charge is 0.270 e. The Morgan fingerprint density at radius 1 is 0.519 bits per heavy atom. The summed E-state index contributed by atoms with van der Waals surface area (Å²) in [6.07, 6.45) is 17.6. The molecule has 2 aliphatic heterocycles. The van der Waals surface area contributed by atoms with E-state index in [-0.39, 0.29) is 0 Å². The van der Waals surface area contributed by atoms with Crippen LogP contribution in [0, 0.1) is 11.8 Å². The fourth-order valence-corrected chi connectivity index (χ4v) is 7.34. The summed E-state index contributed by atoms with van der Waals surface area (Å²) >= 11 is 0. The van der Waals surface area contributed by atoms with E-state index in [0.717, 1.165) is 0 Å². The van der Waals surface area contributed by atoms with Gasteiger partial charge in [0.05, 0.1) is 12.1 Å². The predicted molar refractivity (Wildman–Crippen MR) is 103 cm³/mol. The minimum atomic E-state index is 0.413. The molecule has 0 spiro atoms. The normalized spacial score (nSPS) is 44.6. The molecule has 0 amide bonds. The lowest BCUT2D eigenvalue weighted by molar-refractivity contribution is 0.0594. The number of hydrogen-bond acceptors (Lipinski definition) is 6. The zero-order valence-corrected chi connectivity index (χ0v) is 16.5. The first kappa shape index (κ1) is 16.7. The van der Waals surface area contributed by atoms with Crippen molar-refractivity contribution in [1.29, 1.82) is 0 Å². The third kappa shape index (κ3) is 2.57. The van der Waals surface area contributed by atoms with Gasteiger partial charge in [-0.25, -0.2) is 0 Å². The summed E-state index contributed by atoms with van der Waals surface area (Å²) in [6.45, 7) is 0.